The molecule has 0 aliphatic carbocycles. The van der Waals surface area contributed by atoms with E-state index in [0.717, 1.165) is 12.2 Å². The summed E-state index contributed by atoms with van der Waals surface area (Å²) in [5, 5.41) is 5.68. The first-order chi connectivity index (χ1) is 12.4. The van der Waals surface area contributed by atoms with Crippen LogP contribution in [-0.4, -0.2) is 81.8 Å². The molecule has 2 N–H and O–H groups in total. The minimum Gasteiger partial charge on any atom is -0.488 e. The Balaban J connectivity index is 1.29. The van der Waals surface area contributed by atoms with Gasteiger partial charge in [0.05, 0.1) is 12.8 Å². The molecule has 2 amide bonds. The number of sulfonamides is 1. The number of para-hydroxylation sites is 1. The van der Waals surface area contributed by atoms with Crippen molar-refractivity contribution in [1.29, 1.82) is 0 Å². The quantitative estimate of drug-likeness (QED) is 0.715. The highest BCUT2D eigenvalue weighted by Crippen LogP contribution is 2.27. The monoisotopic (exact) mass is 382 g/mol. The third-order valence-corrected chi connectivity index (χ3v) is 6.02. The van der Waals surface area contributed by atoms with Crippen LogP contribution in [0, 0.1) is 0 Å². The Morgan fingerprint density at radius 2 is 1.92 bits per heavy atom. The first kappa shape index (κ1) is 18.9. The van der Waals surface area contributed by atoms with Gasteiger partial charge in [0.25, 0.3) is 0 Å². The molecule has 2 aliphatic heterocycles. The lowest BCUT2D eigenvalue weighted by Gasteiger charge is -2.33. The van der Waals surface area contributed by atoms with Crippen molar-refractivity contribution in [3.05, 3.63) is 29.8 Å². The molecule has 1 aromatic carbocycles. The zero-order valence-corrected chi connectivity index (χ0v) is 15.8. The predicted molar refractivity (Wildman–Crippen MR) is 98.8 cm³/mol. The van der Waals surface area contributed by atoms with Crippen molar-refractivity contribution in [2.45, 2.75) is 12.5 Å². The summed E-state index contributed by atoms with van der Waals surface area (Å²) >= 11 is 0. The van der Waals surface area contributed by atoms with Gasteiger partial charge in [0, 0.05) is 45.7 Å². The summed E-state index contributed by atoms with van der Waals surface area (Å²) in [4.78, 5) is 14.1. The average molecular weight is 382 g/mol. The molecule has 8 nitrogen and oxygen atoms in total. The first-order valence-corrected chi connectivity index (χ1v) is 10.7. The molecule has 1 aromatic rings. The largest absolute Gasteiger partial charge is 0.488 e. The number of benzene rings is 1. The second-order valence-electron chi connectivity index (χ2n) is 6.69. The normalized spacial score (nSPS) is 21.0. The van der Waals surface area contributed by atoms with Crippen LogP contribution < -0.4 is 15.4 Å². The van der Waals surface area contributed by atoms with E-state index in [1.54, 1.807) is 0 Å². The summed E-state index contributed by atoms with van der Waals surface area (Å²) in [6, 6.07) is 7.70. The van der Waals surface area contributed by atoms with Gasteiger partial charge < -0.3 is 15.4 Å². The highest BCUT2D eigenvalue weighted by atomic mass is 32.2. The smallest absolute Gasteiger partial charge is 0.314 e. The third kappa shape index (κ3) is 5.09. The lowest BCUT2D eigenvalue weighted by atomic mass is 10.1. The summed E-state index contributed by atoms with van der Waals surface area (Å²) in [6.07, 6.45) is 2.02. The van der Waals surface area contributed by atoms with Gasteiger partial charge in [-0.2, -0.15) is 4.31 Å². The lowest BCUT2D eigenvalue weighted by molar-refractivity contribution is 0.187. The molecule has 1 fully saturated rings. The average Bonchev–Trinajstić information content (AvgIpc) is 3.03. The van der Waals surface area contributed by atoms with Crippen LogP contribution >= 0.6 is 0 Å². The maximum absolute atomic E-state index is 11.9. The van der Waals surface area contributed by atoms with Gasteiger partial charge in [-0.3, -0.25) is 4.90 Å². The van der Waals surface area contributed by atoms with Crippen LogP contribution in [0.2, 0.25) is 0 Å². The molecule has 3 rings (SSSR count). The molecule has 2 heterocycles. The van der Waals surface area contributed by atoms with E-state index in [1.165, 1.54) is 16.1 Å². The minimum absolute atomic E-state index is 0.0257. The number of nitrogens with one attached hydrogen (secondary N) is 2. The number of carbonyl (C=O) groups excluding carboxylic acids is 1. The van der Waals surface area contributed by atoms with Crippen molar-refractivity contribution < 1.29 is 17.9 Å². The molecule has 2 aliphatic rings. The van der Waals surface area contributed by atoms with Crippen molar-refractivity contribution in [1.82, 2.24) is 19.8 Å². The summed E-state index contributed by atoms with van der Waals surface area (Å²) < 4.78 is 30.2. The van der Waals surface area contributed by atoms with Crippen molar-refractivity contribution in [2.75, 3.05) is 52.1 Å². The third-order valence-electron chi connectivity index (χ3n) is 4.72. The van der Waals surface area contributed by atoms with Gasteiger partial charge in [0.2, 0.25) is 10.0 Å². The van der Waals surface area contributed by atoms with Crippen molar-refractivity contribution >= 4 is 16.1 Å². The van der Waals surface area contributed by atoms with E-state index in [0.29, 0.717) is 45.8 Å². The fraction of sp³-hybridized carbons (Fsp3) is 0.588. The fourth-order valence-corrected chi connectivity index (χ4v) is 4.08. The Morgan fingerprint density at radius 3 is 2.62 bits per heavy atom. The number of nitrogens with zero attached hydrogens (tertiary/aromatic N) is 2. The molecule has 144 valence electrons. The van der Waals surface area contributed by atoms with Crippen molar-refractivity contribution in [3.63, 3.8) is 0 Å². The summed E-state index contributed by atoms with van der Waals surface area (Å²) in [7, 11) is -3.10. The van der Waals surface area contributed by atoms with E-state index in [2.05, 4.69) is 15.5 Å². The van der Waals surface area contributed by atoms with Crippen LogP contribution in [0.4, 0.5) is 4.79 Å². The number of piperazine rings is 1. The van der Waals surface area contributed by atoms with Gasteiger partial charge >= 0.3 is 6.03 Å². The van der Waals surface area contributed by atoms with E-state index in [-0.39, 0.29) is 12.1 Å². The number of urea groups is 1. The fourth-order valence-electron chi connectivity index (χ4n) is 3.25. The number of hydrogen-bond acceptors (Lipinski definition) is 5. The van der Waals surface area contributed by atoms with Crippen LogP contribution in [-0.2, 0) is 16.4 Å². The number of hydrogen-bond donors (Lipinski definition) is 2. The van der Waals surface area contributed by atoms with Gasteiger partial charge in [-0.15, -0.1) is 0 Å². The molecular formula is C17H26N4O4S. The Bertz CT molecular complexity index is 707. The number of ether oxygens (including phenoxy) is 1. The number of rotatable bonds is 6. The molecule has 0 bridgehead atoms. The van der Waals surface area contributed by atoms with E-state index < -0.39 is 10.0 Å². The number of amides is 2. The molecule has 0 saturated carbocycles. The molecule has 1 atom stereocenters. The number of fused-ring (bicyclic) bond motifs is 1. The molecule has 9 heteroatoms. The molecular weight excluding hydrogens is 356 g/mol. The van der Waals surface area contributed by atoms with Crippen LogP contribution in [0.3, 0.4) is 0 Å². The Hall–Kier alpha value is -1.84. The SMILES string of the molecule is CS(=O)(=O)N1CCN(CCNC(=O)NCC2Cc3ccccc3O2)CC1. The van der Waals surface area contributed by atoms with E-state index >= 15 is 0 Å². The summed E-state index contributed by atoms with van der Waals surface area (Å²) in [5.74, 6) is 0.896. The highest BCUT2D eigenvalue weighted by molar-refractivity contribution is 7.88. The van der Waals surface area contributed by atoms with Crippen LogP contribution in [0.25, 0.3) is 0 Å². The zero-order chi connectivity index (χ0) is 18.6. The van der Waals surface area contributed by atoms with Crippen molar-refractivity contribution in [2.24, 2.45) is 0 Å². The molecule has 0 radical (unpaired) electrons. The molecule has 0 aromatic heterocycles. The molecule has 1 saturated heterocycles. The second-order valence-corrected chi connectivity index (χ2v) is 8.67. The van der Waals surface area contributed by atoms with Gasteiger partial charge in [-0.25, -0.2) is 13.2 Å². The van der Waals surface area contributed by atoms with E-state index in [4.69, 9.17) is 4.74 Å². The van der Waals surface area contributed by atoms with E-state index in [1.807, 2.05) is 24.3 Å². The maximum Gasteiger partial charge on any atom is 0.314 e. The first-order valence-electron chi connectivity index (χ1n) is 8.85. The van der Waals surface area contributed by atoms with Crippen LogP contribution in [0.1, 0.15) is 5.56 Å². The predicted octanol–water partition coefficient (Wildman–Crippen LogP) is -0.133. The minimum atomic E-state index is -3.10. The Kier molecular flexibility index (Phi) is 6.00. The number of carbonyl (C=O) groups is 1. The Morgan fingerprint density at radius 1 is 1.19 bits per heavy atom. The lowest BCUT2D eigenvalue weighted by Crippen LogP contribution is -2.50. The molecule has 0 spiro atoms. The van der Waals surface area contributed by atoms with Gasteiger partial charge in [0.1, 0.15) is 11.9 Å². The van der Waals surface area contributed by atoms with Gasteiger partial charge in [0.15, 0.2) is 0 Å². The maximum atomic E-state index is 11.9. The van der Waals surface area contributed by atoms with Crippen LogP contribution in [0.15, 0.2) is 24.3 Å². The van der Waals surface area contributed by atoms with E-state index in [9.17, 15) is 13.2 Å². The van der Waals surface area contributed by atoms with Gasteiger partial charge in [-0.1, -0.05) is 18.2 Å². The molecule has 1 unspecified atom stereocenters. The van der Waals surface area contributed by atoms with Crippen molar-refractivity contribution in [3.8, 4) is 5.75 Å². The molecule has 26 heavy (non-hydrogen) atoms. The standard InChI is InChI=1S/C17H26N4O4S/c1-26(23,24)21-10-8-20(9-11-21)7-6-18-17(22)19-13-15-12-14-4-2-3-5-16(14)25-15/h2-5,15H,6-13H2,1H3,(H2,18,19,22). The zero-order valence-electron chi connectivity index (χ0n) is 15.0. The summed E-state index contributed by atoms with van der Waals surface area (Å²) in [6.45, 7) is 4.07. The second kappa shape index (κ2) is 8.24. The van der Waals surface area contributed by atoms with Gasteiger partial charge in [-0.05, 0) is 11.6 Å². The Labute approximate surface area is 154 Å². The summed E-state index contributed by atoms with van der Waals surface area (Å²) in [5.41, 5.74) is 1.17. The topological polar surface area (TPSA) is 91.0 Å². The highest BCUT2D eigenvalue weighted by Gasteiger charge is 2.24. The van der Waals surface area contributed by atoms with Crippen LogP contribution in [0.5, 0.6) is 5.75 Å².